The van der Waals surface area contributed by atoms with Crippen molar-refractivity contribution in [1.82, 2.24) is 9.80 Å². The number of aryl methyl sites for hydroxylation is 2. The van der Waals surface area contributed by atoms with Gasteiger partial charge >= 0.3 is 0 Å². The van der Waals surface area contributed by atoms with E-state index in [-0.39, 0.29) is 37.2 Å². The Morgan fingerprint density at radius 3 is 2.40 bits per heavy atom. The second kappa shape index (κ2) is 9.11. The van der Waals surface area contributed by atoms with Crippen LogP contribution in [0.2, 0.25) is 0 Å². The molecule has 2 rings (SSSR count). The maximum absolute atomic E-state index is 12.4. The number of nitrogens with zero attached hydrogens (tertiary/aromatic N) is 2. The number of amides is 1. The molecule has 1 heterocycles. The maximum atomic E-state index is 12.4. The first kappa shape index (κ1) is 19.6. The van der Waals surface area contributed by atoms with Gasteiger partial charge in [-0.1, -0.05) is 24.6 Å². The van der Waals surface area contributed by atoms with Gasteiger partial charge < -0.3 is 10.0 Å². The van der Waals surface area contributed by atoms with E-state index >= 15 is 0 Å². The molecule has 0 radical (unpaired) electrons. The lowest BCUT2D eigenvalue weighted by Crippen LogP contribution is -2.52. The lowest BCUT2D eigenvalue weighted by molar-refractivity contribution is -0.133. The summed E-state index contributed by atoms with van der Waals surface area (Å²) in [6.07, 6.45) is 1.44. The Morgan fingerprint density at radius 1 is 1.12 bits per heavy atom. The lowest BCUT2D eigenvalue weighted by Gasteiger charge is -2.38. The molecule has 1 fully saturated rings. The minimum absolute atomic E-state index is 0.0412. The van der Waals surface area contributed by atoms with Gasteiger partial charge in [-0.05, 0) is 31.9 Å². The van der Waals surface area contributed by atoms with Crippen LogP contribution in [0.15, 0.2) is 18.2 Å². The summed E-state index contributed by atoms with van der Waals surface area (Å²) in [5.41, 5.74) is 2.75. The number of hydrogen-bond donors (Lipinski definition) is 1. The van der Waals surface area contributed by atoms with Gasteiger partial charge in [-0.2, -0.15) is 0 Å². The van der Waals surface area contributed by atoms with Crippen LogP contribution in [0, 0.1) is 13.8 Å². The molecule has 1 aliphatic heterocycles. The van der Waals surface area contributed by atoms with Crippen molar-refractivity contribution in [3.8, 4) is 0 Å². The van der Waals surface area contributed by atoms with Gasteiger partial charge in [0.05, 0.1) is 6.61 Å². The number of carbonyl (C=O) groups excluding carboxylic acids is 2. The van der Waals surface area contributed by atoms with E-state index in [4.69, 9.17) is 0 Å². The molecule has 1 amide bonds. The number of benzene rings is 1. The number of piperazine rings is 1. The van der Waals surface area contributed by atoms with Crippen LogP contribution < -0.4 is 0 Å². The minimum Gasteiger partial charge on any atom is -0.395 e. The predicted molar refractivity (Wildman–Crippen MR) is 98.8 cm³/mol. The summed E-state index contributed by atoms with van der Waals surface area (Å²) >= 11 is 0. The van der Waals surface area contributed by atoms with E-state index in [1.165, 1.54) is 0 Å². The van der Waals surface area contributed by atoms with Gasteiger partial charge in [-0.25, -0.2) is 0 Å². The molecular weight excluding hydrogens is 316 g/mol. The molecule has 1 aromatic carbocycles. The smallest absolute Gasteiger partial charge is 0.223 e. The quantitative estimate of drug-likeness (QED) is 0.769. The van der Waals surface area contributed by atoms with Crippen molar-refractivity contribution >= 4 is 11.7 Å². The van der Waals surface area contributed by atoms with Gasteiger partial charge in [0.2, 0.25) is 5.91 Å². The fourth-order valence-corrected chi connectivity index (χ4v) is 3.39. The summed E-state index contributed by atoms with van der Waals surface area (Å²) in [5.74, 6) is 0.0925. The maximum Gasteiger partial charge on any atom is 0.223 e. The van der Waals surface area contributed by atoms with Crippen LogP contribution in [0.4, 0.5) is 0 Å². The number of rotatable bonds is 7. The van der Waals surface area contributed by atoms with Crippen molar-refractivity contribution in [1.29, 1.82) is 0 Å². The first-order valence-electron chi connectivity index (χ1n) is 9.19. The third-order valence-corrected chi connectivity index (χ3v) is 5.12. The van der Waals surface area contributed by atoms with Crippen molar-refractivity contribution in [2.45, 2.75) is 46.1 Å². The van der Waals surface area contributed by atoms with E-state index in [2.05, 4.69) is 11.8 Å². The van der Waals surface area contributed by atoms with E-state index in [1.54, 1.807) is 0 Å². The molecule has 25 heavy (non-hydrogen) atoms. The van der Waals surface area contributed by atoms with Crippen molar-refractivity contribution in [3.63, 3.8) is 0 Å². The van der Waals surface area contributed by atoms with E-state index in [0.717, 1.165) is 36.2 Å². The molecule has 1 aliphatic rings. The molecule has 0 aromatic heterocycles. The second-order valence-corrected chi connectivity index (χ2v) is 6.90. The molecule has 0 saturated carbocycles. The van der Waals surface area contributed by atoms with Crippen LogP contribution in [0.3, 0.4) is 0 Å². The number of aliphatic hydroxyl groups is 1. The number of ketones is 1. The average Bonchev–Trinajstić information content (AvgIpc) is 2.63. The third-order valence-electron chi connectivity index (χ3n) is 5.12. The van der Waals surface area contributed by atoms with Gasteiger partial charge in [0, 0.05) is 50.6 Å². The van der Waals surface area contributed by atoms with Gasteiger partial charge in [-0.3, -0.25) is 14.5 Å². The van der Waals surface area contributed by atoms with Crippen LogP contribution >= 0.6 is 0 Å². The first-order valence-corrected chi connectivity index (χ1v) is 9.19. The second-order valence-electron chi connectivity index (χ2n) is 6.90. The fraction of sp³-hybridized carbons (Fsp3) is 0.600. The van der Waals surface area contributed by atoms with Crippen LogP contribution in [0.5, 0.6) is 0 Å². The molecule has 0 aliphatic carbocycles. The summed E-state index contributed by atoms with van der Waals surface area (Å²) in [6.45, 7) is 9.05. The number of Topliss-reactive ketones (excluding diaryl/α,β-unsaturated/α-hetero) is 1. The Balaban J connectivity index is 1.83. The van der Waals surface area contributed by atoms with E-state index in [0.29, 0.717) is 13.1 Å². The fourth-order valence-electron chi connectivity index (χ4n) is 3.39. The summed E-state index contributed by atoms with van der Waals surface area (Å²) in [4.78, 5) is 28.9. The molecule has 1 unspecified atom stereocenters. The van der Waals surface area contributed by atoms with Crippen molar-refractivity contribution in [2.75, 3.05) is 32.8 Å². The number of aliphatic hydroxyl groups excluding tert-OH is 1. The van der Waals surface area contributed by atoms with Crippen LogP contribution in [-0.4, -0.2) is 65.4 Å². The Kier molecular flexibility index (Phi) is 7.14. The van der Waals surface area contributed by atoms with Crippen molar-refractivity contribution in [3.05, 3.63) is 34.9 Å². The monoisotopic (exact) mass is 346 g/mol. The highest BCUT2D eigenvalue weighted by molar-refractivity contribution is 5.99. The van der Waals surface area contributed by atoms with Crippen LogP contribution in [0.25, 0.3) is 0 Å². The highest BCUT2D eigenvalue weighted by Crippen LogP contribution is 2.15. The van der Waals surface area contributed by atoms with Gasteiger partial charge in [0.15, 0.2) is 5.78 Å². The molecule has 138 valence electrons. The van der Waals surface area contributed by atoms with Gasteiger partial charge in [0.25, 0.3) is 0 Å². The molecule has 1 atom stereocenters. The van der Waals surface area contributed by atoms with Crippen molar-refractivity contribution < 1.29 is 14.7 Å². The molecule has 5 nitrogen and oxygen atoms in total. The Morgan fingerprint density at radius 2 is 1.80 bits per heavy atom. The predicted octanol–water partition coefficient (Wildman–Crippen LogP) is 2.18. The summed E-state index contributed by atoms with van der Waals surface area (Å²) in [6, 6.07) is 6.03. The van der Waals surface area contributed by atoms with Crippen molar-refractivity contribution in [2.24, 2.45) is 0 Å². The molecule has 0 bridgehead atoms. The zero-order valence-electron chi connectivity index (χ0n) is 15.6. The summed E-state index contributed by atoms with van der Waals surface area (Å²) < 4.78 is 0. The van der Waals surface area contributed by atoms with Gasteiger partial charge in [-0.15, -0.1) is 0 Å². The van der Waals surface area contributed by atoms with E-state index in [9.17, 15) is 14.7 Å². The number of hydrogen-bond acceptors (Lipinski definition) is 4. The third kappa shape index (κ3) is 5.13. The molecule has 1 saturated heterocycles. The molecule has 0 spiro atoms. The standard InChI is InChI=1S/C20H30N2O3/c1-4-17(14-23)21-9-11-22(12-10-21)20(25)8-7-19(24)18-13-15(2)5-6-16(18)3/h5-6,13,17,23H,4,7-12,14H2,1-3H3. The minimum atomic E-state index is 0.0412. The highest BCUT2D eigenvalue weighted by atomic mass is 16.3. The highest BCUT2D eigenvalue weighted by Gasteiger charge is 2.25. The topological polar surface area (TPSA) is 60.9 Å². The lowest BCUT2D eigenvalue weighted by atomic mass is 9.99. The van der Waals surface area contributed by atoms with E-state index in [1.807, 2.05) is 36.9 Å². The SMILES string of the molecule is CCC(CO)N1CCN(C(=O)CCC(=O)c2cc(C)ccc2C)CC1. The zero-order chi connectivity index (χ0) is 18.4. The number of carbonyl (C=O) groups is 2. The largest absolute Gasteiger partial charge is 0.395 e. The van der Waals surface area contributed by atoms with Crippen LogP contribution in [-0.2, 0) is 4.79 Å². The summed E-state index contributed by atoms with van der Waals surface area (Å²) in [7, 11) is 0. The summed E-state index contributed by atoms with van der Waals surface area (Å²) in [5, 5.41) is 9.39. The average molecular weight is 346 g/mol. The zero-order valence-corrected chi connectivity index (χ0v) is 15.6. The first-order chi connectivity index (χ1) is 12.0. The normalized spacial score (nSPS) is 16.7. The molecule has 1 aromatic rings. The van der Waals surface area contributed by atoms with E-state index < -0.39 is 0 Å². The Labute approximate surface area is 150 Å². The van der Waals surface area contributed by atoms with Gasteiger partial charge in [0.1, 0.15) is 0 Å². The molecule has 5 heteroatoms. The van der Waals surface area contributed by atoms with Crippen LogP contribution in [0.1, 0.15) is 47.7 Å². The Bertz CT molecular complexity index is 603. The molecular formula is C20H30N2O3. The molecule has 1 N–H and O–H groups in total. The Hall–Kier alpha value is -1.72.